The average molecular weight is 237 g/mol. The number of rotatable bonds is 5. The van der Waals surface area contributed by atoms with Crippen LogP contribution in [0.1, 0.15) is 44.9 Å². The lowest BCUT2D eigenvalue weighted by Gasteiger charge is -2.36. The summed E-state index contributed by atoms with van der Waals surface area (Å²) in [5.41, 5.74) is 0.539. The first kappa shape index (κ1) is 11.7. The van der Waals surface area contributed by atoms with E-state index < -0.39 is 0 Å². The van der Waals surface area contributed by atoms with Crippen molar-refractivity contribution < 1.29 is 9.53 Å². The van der Waals surface area contributed by atoms with Gasteiger partial charge in [-0.05, 0) is 37.5 Å². The van der Waals surface area contributed by atoms with Crippen LogP contribution < -0.4 is 0 Å². The van der Waals surface area contributed by atoms with Gasteiger partial charge in [0, 0.05) is 45.2 Å². The van der Waals surface area contributed by atoms with E-state index in [1.54, 1.807) is 7.11 Å². The number of carbonyl (C=O) groups is 1. The summed E-state index contributed by atoms with van der Waals surface area (Å²) in [6.07, 6.45) is 8.05. The summed E-state index contributed by atoms with van der Waals surface area (Å²) < 4.78 is 5.22. The molecule has 17 heavy (non-hydrogen) atoms. The van der Waals surface area contributed by atoms with Crippen LogP contribution in [0.2, 0.25) is 0 Å². The first-order chi connectivity index (χ1) is 8.22. The highest BCUT2D eigenvalue weighted by Gasteiger charge is 2.48. The lowest BCUT2D eigenvalue weighted by molar-refractivity contribution is -0.123. The minimum atomic E-state index is 0.496. The molecule has 0 radical (unpaired) electrons. The van der Waals surface area contributed by atoms with E-state index >= 15 is 0 Å². The molecule has 2 heterocycles. The van der Waals surface area contributed by atoms with Crippen LogP contribution >= 0.6 is 0 Å². The van der Waals surface area contributed by atoms with Crippen LogP contribution in [0.4, 0.5) is 0 Å². The van der Waals surface area contributed by atoms with E-state index in [1.165, 1.54) is 38.6 Å². The van der Waals surface area contributed by atoms with E-state index in [1.807, 2.05) is 0 Å². The first-order valence-corrected chi connectivity index (χ1v) is 6.99. The molecule has 3 aliphatic rings. The van der Waals surface area contributed by atoms with Crippen LogP contribution in [0.5, 0.6) is 0 Å². The fourth-order valence-corrected chi connectivity index (χ4v) is 3.69. The van der Waals surface area contributed by atoms with Gasteiger partial charge in [-0.1, -0.05) is 0 Å². The van der Waals surface area contributed by atoms with Gasteiger partial charge in [-0.3, -0.25) is 9.69 Å². The van der Waals surface area contributed by atoms with Gasteiger partial charge in [-0.15, -0.1) is 0 Å². The van der Waals surface area contributed by atoms with E-state index in [9.17, 15) is 4.79 Å². The Balaban J connectivity index is 1.60. The Kier molecular flexibility index (Phi) is 2.99. The van der Waals surface area contributed by atoms with Crippen molar-refractivity contribution in [2.45, 2.75) is 57.0 Å². The number of methoxy groups -OCH3 is 1. The second kappa shape index (κ2) is 4.36. The van der Waals surface area contributed by atoms with Gasteiger partial charge in [0.2, 0.25) is 0 Å². The second-order valence-electron chi connectivity index (χ2n) is 6.25. The van der Waals surface area contributed by atoms with Crippen LogP contribution in [-0.2, 0) is 9.53 Å². The van der Waals surface area contributed by atoms with Gasteiger partial charge in [0.1, 0.15) is 5.78 Å². The van der Waals surface area contributed by atoms with E-state index in [0.717, 1.165) is 19.4 Å². The number of ether oxygens (including phenoxy) is 1. The molecule has 1 aliphatic carbocycles. The van der Waals surface area contributed by atoms with Crippen molar-refractivity contribution in [1.29, 1.82) is 0 Å². The summed E-state index contributed by atoms with van der Waals surface area (Å²) >= 11 is 0. The number of ketones is 1. The molecule has 0 amide bonds. The van der Waals surface area contributed by atoms with Crippen LogP contribution in [0, 0.1) is 5.41 Å². The van der Waals surface area contributed by atoms with E-state index in [-0.39, 0.29) is 0 Å². The minimum Gasteiger partial charge on any atom is -0.385 e. The minimum absolute atomic E-state index is 0.496. The molecule has 1 saturated carbocycles. The van der Waals surface area contributed by atoms with Crippen molar-refractivity contribution >= 4 is 5.78 Å². The van der Waals surface area contributed by atoms with Gasteiger partial charge in [0.05, 0.1) is 0 Å². The number of Topliss-reactive ketones (excluding diaryl/α,β-unsaturated/α-hetero) is 1. The quantitative estimate of drug-likeness (QED) is 0.732. The Bertz CT molecular complexity index is 295. The van der Waals surface area contributed by atoms with Gasteiger partial charge in [0.25, 0.3) is 0 Å². The standard InChI is InChI=1S/C14H23NO2/c1-17-7-6-14(4-5-14)10-15-11-2-3-12(15)9-13(16)8-11/h11-12H,2-10H2,1H3. The highest BCUT2D eigenvalue weighted by Crippen LogP contribution is 2.51. The third-order valence-corrected chi connectivity index (χ3v) is 5.01. The smallest absolute Gasteiger partial charge is 0.136 e. The zero-order chi connectivity index (χ0) is 11.9. The maximum atomic E-state index is 11.6. The summed E-state index contributed by atoms with van der Waals surface area (Å²) in [4.78, 5) is 14.2. The van der Waals surface area contributed by atoms with Gasteiger partial charge < -0.3 is 4.74 Å². The monoisotopic (exact) mass is 237 g/mol. The van der Waals surface area contributed by atoms with E-state index in [2.05, 4.69) is 4.90 Å². The van der Waals surface area contributed by atoms with Crippen LogP contribution in [0.3, 0.4) is 0 Å². The highest BCUT2D eigenvalue weighted by atomic mass is 16.5. The molecule has 96 valence electrons. The molecule has 2 atom stereocenters. The second-order valence-corrected chi connectivity index (χ2v) is 6.25. The van der Waals surface area contributed by atoms with E-state index in [4.69, 9.17) is 4.74 Å². The van der Waals surface area contributed by atoms with Crippen LogP contribution in [0.25, 0.3) is 0 Å². The van der Waals surface area contributed by atoms with Crippen molar-refractivity contribution in [2.75, 3.05) is 20.3 Å². The predicted octanol–water partition coefficient (Wildman–Crippen LogP) is 2.00. The summed E-state index contributed by atoms with van der Waals surface area (Å²) in [6.45, 7) is 2.11. The fourth-order valence-electron chi connectivity index (χ4n) is 3.69. The zero-order valence-electron chi connectivity index (χ0n) is 10.8. The SMILES string of the molecule is COCCC1(CN2C3CCC2CC(=O)C3)CC1. The largest absolute Gasteiger partial charge is 0.385 e. The van der Waals surface area contributed by atoms with Crippen LogP contribution in [-0.4, -0.2) is 43.0 Å². The first-order valence-electron chi connectivity index (χ1n) is 6.99. The molecule has 2 bridgehead atoms. The Morgan fingerprint density at radius 1 is 1.29 bits per heavy atom. The topological polar surface area (TPSA) is 29.5 Å². The molecule has 3 heteroatoms. The van der Waals surface area contributed by atoms with Crippen molar-refractivity contribution in [3.63, 3.8) is 0 Å². The summed E-state index contributed by atoms with van der Waals surface area (Å²) in [7, 11) is 1.79. The lowest BCUT2D eigenvalue weighted by atomic mass is 9.96. The number of hydrogen-bond donors (Lipinski definition) is 0. The molecule has 3 rings (SSSR count). The number of carbonyl (C=O) groups excluding carboxylic acids is 1. The fraction of sp³-hybridized carbons (Fsp3) is 0.929. The number of hydrogen-bond acceptors (Lipinski definition) is 3. The molecular formula is C14H23NO2. The molecule has 2 unspecified atom stereocenters. The number of nitrogens with zero attached hydrogens (tertiary/aromatic N) is 1. The zero-order valence-corrected chi connectivity index (χ0v) is 10.8. The molecule has 3 fully saturated rings. The highest BCUT2D eigenvalue weighted by molar-refractivity contribution is 5.80. The number of piperidine rings is 1. The normalized spacial score (nSPS) is 35.2. The van der Waals surface area contributed by atoms with E-state index in [0.29, 0.717) is 23.3 Å². The molecule has 3 nitrogen and oxygen atoms in total. The van der Waals surface area contributed by atoms with Crippen molar-refractivity contribution in [1.82, 2.24) is 4.90 Å². The third kappa shape index (κ3) is 2.27. The molecule has 0 spiro atoms. The lowest BCUT2D eigenvalue weighted by Crippen LogP contribution is -2.46. The third-order valence-electron chi connectivity index (χ3n) is 5.01. The van der Waals surface area contributed by atoms with Gasteiger partial charge in [0.15, 0.2) is 0 Å². The Morgan fingerprint density at radius 2 is 1.94 bits per heavy atom. The van der Waals surface area contributed by atoms with Gasteiger partial charge in [-0.25, -0.2) is 0 Å². The number of fused-ring (bicyclic) bond motifs is 2. The molecule has 0 aromatic heterocycles. The van der Waals surface area contributed by atoms with Crippen LogP contribution in [0.15, 0.2) is 0 Å². The molecule has 2 saturated heterocycles. The summed E-state index contributed by atoms with van der Waals surface area (Å²) in [5, 5.41) is 0. The average Bonchev–Trinajstić information content (AvgIpc) is 3.02. The molecule has 0 aromatic carbocycles. The summed E-state index contributed by atoms with van der Waals surface area (Å²) in [5.74, 6) is 0.496. The maximum Gasteiger partial charge on any atom is 0.136 e. The predicted molar refractivity (Wildman–Crippen MR) is 65.9 cm³/mol. The molecular weight excluding hydrogens is 214 g/mol. The maximum absolute atomic E-state index is 11.6. The Morgan fingerprint density at radius 3 is 2.47 bits per heavy atom. The molecule has 0 N–H and O–H groups in total. The van der Waals surface area contributed by atoms with Crippen molar-refractivity contribution in [2.24, 2.45) is 5.41 Å². The Hall–Kier alpha value is -0.410. The Labute approximate surface area is 104 Å². The summed E-state index contributed by atoms with van der Waals surface area (Å²) in [6, 6.07) is 1.14. The van der Waals surface area contributed by atoms with Crippen molar-refractivity contribution in [3.8, 4) is 0 Å². The molecule has 2 aliphatic heterocycles. The van der Waals surface area contributed by atoms with Gasteiger partial charge in [-0.2, -0.15) is 0 Å². The van der Waals surface area contributed by atoms with Gasteiger partial charge >= 0.3 is 0 Å². The van der Waals surface area contributed by atoms with Crippen molar-refractivity contribution in [3.05, 3.63) is 0 Å². The molecule has 0 aromatic rings.